The Hall–Kier alpha value is -2.70. The number of hydrogen-bond acceptors (Lipinski definition) is 4. The van der Waals surface area contributed by atoms with Crippen molar-refractivity contribution in [1.29, 1.82) is 0 Å². The van der Waals surface area contributed by atoms with Crippen LogP contribution in [0.1, 0.15) is 59.3 Å². The molecule has 0 spiro atoms. The maximum absolute atomic E-state index is 12.7. The Morgan fingerprint density at radius 2 is 2.00 bits per heavy atom. The van der Waals surface area contributed by atoms with Gasteiger partial charge in [-0.2, -0.15) is 0 Å². The van der Waals surface area contributed by atoms with Gasteiger partial charge in [-0.25, -0.2) is 4.68 Å². The number of carboxylic acids is 1. The number of carbonyl (C=O) groups excluding carboxylic acids is 1. The molecule has 26 heavy (non-hydrogen) atoms. The number of benzene rings is 1. The molecule has 1 aromatic heterocycles. The summed E-state index contributed by atoms with van der Waals surface area (Å²) < 4.78 is 1.75. The molecule has 136 valence electrons. The molecule has 0 bridgehead atoms. The number of rotatable bonds is 5. The molecule has 2 aromatic rings. The van der Waals surface area contributed by atoms with E-state index in [4.69, 9.17) is 0 Å². The van der Waals surface area contributed by atoms with Crippen LogP contribution < -0.4 is 5.32 Å². The Labute approximate surface area is 151 Å². The summed E-state index contributed by atoms with van der Waals surface area (Å²) >= 11 is 0. The molecule has 0 radical (unpaired) electrons. The van der Waals surface area contributed by atoms with Crippen LogP contribution in [0.5, 0.6) is 0 Å². The standard InChI is InChI=1S/C19H22N4O3/c1-11-4-2-3-5-14(11)18(24)20-15-8-13(19(25)26)9-17(15)23-10-16(21-22-23)12-6-7-12/h2-5,10,12-13,15,17H,6-9H2,1H3,(H,20,24)(H,25,26)/t13?,15-,17+/m1/s1. The van der Waals surface area contributed by atoms with Gasteiger partial charge in [0, 0.05) is 17.7 Å². The Morgan fingerprint density at radius 1 is 1.23 bits per heavy atom. The van der Waals surface area contributed by atoms with Crippen molar-refractivity contribution >= 4 is 11.9 Å². The molecule has 1 unspecified atom stereocenters. The molecule has 0 saturated heterocycles. The molecule has 2 N–H and O–H groups in total. The van der Waals surface area contributed by atoms with Gasteiger partial charge >= 0.3 is 5.97 Å². The largest absolute Gasteiger partial charge is 0.481 e. The van der Waals surface area contributed by atoms with Crippen molar-refractivity contribution in [2.45, 2.75) is 50.6 Å². The highest BCUT2D eigenvalue weighted by molar-refractivity contribution is 5.95. The van der Waals surface area contributed by atoms with Crippen LogP contribution in [-0.4, -0.2) is 38.0 Å². The topological polar surface area (TPSA) is 97.1 Å². The Morgan fingerprint density at radius 3 is 2.69 bits per heavy atom. The summed E-state index contributed by atoms with van der Waals surface area (Å²) in [6.45, 7) is 1.89. The van der Waals surface area contributed by atoms with Crippen LogP contribution in [0.4, 0.5) is 0 Å². The fraction of sp³-hybridized carbons (Fsp3) is 0.474. The van der Waals surface area contributed by atoms with E-state index in [1.165, 1.54) is 0 Å². The summed E-state index contributed by atoms with van der Waals surface area (Å²) in [7, 11) is 0. The number of hydrogen-bond donors (Lipinski definition) is 2. The highest BCUT2D eigenvalue weighted by Crippen LogP contribution is 2.40. The minimum Gasteiger partial charge on any atom is -0.481 e. The highest BCUT2D eigenvalue weighted by atomic mass is 16.4. The first-order chi connectivity index (χ1) is 12.5. The molecule has 4 rings (SSSR count). The molecule has 1 amide bonds. The molecule has 0 aliphatic heterocycles. The number of carbonyl (C=O) groups is 2. The lowest BCUT2D eigenvalue weighted by molar-refractivity contribution is -0.141. The fourth-order valence-electron chi connectivity index (χ4n) is 3.76. The Bertz CT molecular complexity index is 843. The molecule has 2 aliphatic carbocycles. The average molecular weight is 354 g/mol. The molecule has 1 heterocycles. The number of nitrogens with zero attached hydrogens (tertiary/aromatic N) is 3. The number of nitrogens with one attached hydrogen (secondary N) is 1. The predicted molar refractivity (Wildman–Crippen MR) is 93.8 cm³/mol. The number of aliphatic carboxylic acids is 1. The van der Waals surface area contributed by atoms with Crippen LogP contribution in [0.15, 0.2) is 30.5 Å². The van der Waals surface area contributed by atoms with Crippen LogP contribution in [-0.2, 0) is 4.79 Å². The predicted octanol–water partition coefficient (Wildman–Crippen LogP) is 2.30. The average Bonchev–Trinajstić information content (AvgIpc) is 3.19. The zero-order valence-electron chi connectivity index (χ0n) is 14.6. The van der Waals surface area contributed by atoms with E-state index >= 15 is 0 Å². The quantitative estimate of drug-likeness (QED) is 0.859. The lowest BCUT2D eigenvalue weighted by Crippen LogP contribution is -2.39. The Kier molecular flexibility index (Phi) is 4.22. The van der Waals surface area contributed by atoms with Gasteiger partial charge in [-0.3, -0.25) is 9.59 Å². The molecule has 2 aliphatic rings. The summed E-state index contributed by atoms with van der Waals surface area (Å²) in [5, 5.41) is 20.9. The lowest BCUT2D eigenvalue weighted by atomic mass is 10.1. The van der Waals surface area contributed by atoms with Gasteiger partial charge < -0.3 is 10.4 Å². The van der Waals surface area contributed by atoms with Crippen LogP contribution in [0.2, 0.25) is 0 Å². The van der Waals surface area contributed by atoms with Gasteiger partial charge in [-0.05, 0) is 44.2 Å². The van der Waals surface area contributed by atoms with Crippen LogP contribution >= 0.6 is 0 Å². The second-order valence-corrected chi connectivity index (χ2v) is 7.37. The summed E-state index contributed by atoms with van der Waals surface area (Å²) in [5.41, 5.74) is 2.47. The monoisotopic (exact) mass is 354 g/mol. The third-order valence-electron chi connectivity index (χ3n) is 5.45. The van der Waals surface area contributed by atoms with E-state index in [-0.39, 0.29) is 18.0 Å². The van der Waals surface area contributed by atoms with E-state index in [1.807, 2.05) is 31.3 Å². The van der Waals surface area contributed by atoms with Crippen molar-refractivity contribution in [1.82, 2.24) is 20.3 Å². The molecule has 7 nitrogen and oxygen atoms in total. The smallest absolute Gasteiger partial charge is 0.306 e. The molecular weight excluding hydrogens is 332 g/mol. The minimum absolute atomic E-state index is 0.174. The number of amides is 1. The highest BCUT2D eigenvalue weighted by Gasteiger charge is 2.41. The minimum atomic E-state index is -0.829. The van der Waals surface area contributed by atoms with E-state index in [2.05, 4.69) is 15.6 Å². The molecule has 2 fully saturated rings. The van der Waals surface area contributed by atoms with Crippen LogP contribution in [0.3, 0.4) is 0 Å². The van der Waals surface area contributed by atoms with Gasteiger partial charge in [-0.1, -0.05) is 23.4 Å². The van der Waals surface area contributed by atoms with Crippen LogP contribution in [0.25, 0.3) is 0 Å². The number of aromatic nitrogens is 3. The maximum Gasteiger partial charge on any atom is 0.306 e. The molecule has 1 aromatic carbocycles. The third kappa shape index (κ3) is 3.21. The van der Waals surface area contributed by atoms with Gasteiger partial charge in [0.05, 0.1) is 23.7 Å². The van der Waals surface area contributed by atoms with Crippen LogP contribution in [0, 0.1) is 12.8 Å². The second-order valence-electron chi connectivity index (χ2n) is 7.37. The van der Waals surface area contributed by atoms with Gasteiger partial charge in [0.15, 0.2) is 0 Å². The SMILES string of the molecule is Cc1ccccc1C(=O)N[C@@H]1CC(C(=O)O)C[C@@H]1n1cc(C2CC2)nn1. The zero-order chi connectivity index (χ0) is 18.3. The second kappa shape index (κ2) is 6.55. The first-order valence-electron chi connectivity index (χ1n) is 9.04. The summed E-state index contributed by atoms with van der Waals surface area (Å²) in [6, 6.07) is 6.92. The first-order valence-corrected chi connectivity index (χ1v) is 9.04. The normalized spacial score (nSPS) is 25.2. The van der Waals surface area contributed by atoms with Crippen molar-refractivity contribution in [2.24, 2.45) is 5.92 Å². The third-order valence-corrected chi connectivity index (χ3v) is 5.45. The van der Waals surface area contributed by atoms with E-state index in [0.29, 0.717) is 24.3 Å². The summed E-state index contributed by atoms with van der Waals surface area (Å²) in [4.78, 5) is 24.2. The molecule has 7 heteroatoms. The van der Waals surface area contributed by atoms with Crippen molar-refractivity contribution in [2.75, 3.05) is 0 Å². The molecule has 3 atom stereocenters. The van der Waals surface area contributed by atoms with E-state index in [1.54, 1.807) is 10.7 Å². The lowest BCUT2D eigenvalue weighted by Gasteiger charge is -2.21. The van der Waals surface area contributed by atoms with E-state index in [9.17, 15) is 14.7 Å². The van der Waals surface area contributed by atoms with Gasteiger partial charge in [0.1, 0.15) is 0 Å². The summed E-state index contributed by atoms with van der Waals surface area (Å²) in [5.74, 6) is -1.01. The number of aryl methyl sites for hydroxylation is 1. The van der Waals surface area contributed by atoms with Crippen molar-refractivity contribution in [3.8, 4) is 0 Å². The van der Waals surface area contributed by atoms with E-state index < -0.39 is 11.9 Å². The fourth-order valence-corrected chi connectivity index (χ4v) is 3.76. The molecular formula is C19H22N4O3. The number of carboxylic acid groups (broad SMARTS) is 1. The Balaban J connectivity index is 1.55. The summed E-state index contributed by atoms with van der Waals surface area (Å²) in [6.07, 6.45) is 5.03. The van der Waals surface area contributed by atoms with Crippen molar-refractivity contribution in [3.63, 3.8) is 0 Å². The van der Waals surface area contributed by atoms with Crippen molar-refractivity contribution < 1.29 is 14.7 Å². The van der Waals surface area contributed by atoms with Gasteiger partial charge in [-0.15, -0.1) is 5.10 Å². The van der Waals surface area contributed by atoms with Gasteiger partial charge in [0.25, 0.3) is 5.91 Å². The first kappa shape index (κ1) is 16.8. The van der Waals surface area contributed by atoms with E-state index in [0.717, 1.165) is 24.1 Å². The zero-order valence-corrected chi connectivity index (χ0v) is 14.6. The molecule has 2 saturated carbocycles. The van der Waals surface area contributed by atoms with Crippen molar-refractivity contribution in [3.05, 3.63) is 47.3 Å². The van der Waals surface area contributed by atoms with Gasteiger partial charge in [0.2, 0.25) is 0 Å². The maximum atomic E-state index is 12.7.